The summed E-state index contributed by atoms with van der Waals surface area (Å²) in [5, 5.41) is 9.90. The Labute approximate surface area is 93.1 Å². The normalized spacial score (nSPS) is 12.2. The molecule has 1 aromatic heterocycles. The summed E-state index contributed by atoms with van der Waals surface area (Å²) in [7, 11) is 0. The Hall–Kier alpha value is -1.55. The zero-order valence-electron chi connectivity index (χ0n) is 9.65. The molecule has 0 unspecified atom stereocenters. The first-order chi connectivity index (χ1) is 7.43. The highest BCUT2D eigenvalue weighted by Crippen LogP contribution is 2.23. The molecule has 2 aromatic rings. The van der Waals surface area contributed by atoms with E-state index >= 15 is 0 Å². The van der Waals surface area contributed by atoms with Crippen LogP contribution in [0, 0.1) is 0 Å². The van der Waals surface area contributed by atoms with E-state index in [-0.39, 0.29) is 5.76 Å². The van der Waals surface area contributed by atoms with E-state index in [1.54, 1.807) is 36.6 Å². The van der Waals surface area contributed by atoms with Gasteiger partial charge in [-0.3, -0.25) is 4.57 Å². The van der Waals surface area contributed by atoms with Crippen molar-refractivity contribution in [3.63, 3.8) is 0 Å². The van der Waals surface area contributed by atoms with Gasteiger partial charge in [0.05, 0.1) is 11.1 Å². The smallest absolute Gasteiger partial charge is 0.408 e. The van der Waals surface area contributed by atoms with E-state index in [0.29, 0.717) is 12.1 Å². The van der Waals surface area contributed by atoms with Crippen molar-refractivity contribution in [3.05, 3.63) is 34.3 Å². The lowest BCUT2D eigenvalue weighted by Gasteiger charge is -2.17. The number of oxazole rings is 1. The summed E-state index contributed by atoms with van der Waals surface area (Å²) < 4.78 is 6.63. The van der Waals surface area contributed by atoms with Crippen LogP contribution in [-0.2, 0) is 12.1 Å². The van der Waals surface area contributed by atoms with Gasteiger partial charge in [0.2, 0.25) is 0 Å². The molecule has 0 aliphatic rings. The molecule has 0 saturated heterocycles. The van der Waals surface area contributed by atoms with E-state index < -0.39 is 5.60 Å². The van der Waals surface area contributed by atoms with Gasteiger partial charge in [-0.05, 0) is 38.5 Å². The molecule has 4 heteroatoms. The Morgan fingerprint density at radius 3 is 2.69 bits per heavy atom. The van der Waals surface area contributed by atoms with Crippen molar-refractivity contribution in [3.8, 4) is 0 Å². The molecular weight excluding hydrogens is 206 g/mol. The monoisotopic (exact) mass is 221 g/mol. The molecule has 0 aliphatic carbocycles. The molecule has 0 radical (unpaired) electrons. The Balaban J connectivity index is 2.74. The lowest BCUT2D eigenvalue weighted by atomic mass is 9.98. The number of hydrogen-bond donors (Lipinski definition) is 1. The molecular formula is C12H15NO3. The van der Waals surface area contributed by atoms with Gasteiger partial charge in [0.15, 0.2) is 5.58 Å². The third-order valence-corrected chi connectivity index (χ3v) is 2.69. The van der Waals surface area contributed by atoms with Crippen molar-refractivity contribution >= 4 is 11.1 Å². The summed E-state index contributed by atoms with van der Waals surface area (Å²) in [5.74, 6) is -0.356. The topological polar surface area (TPSA) is 55.4 Å². The summed E-state index contributed by atoms with van der Waals surface area (Å²) >= 11 is 0. The SMILES string of the molecule is CCn1c(=O)oc2ccc(C(C)(C)O)cc21. The fraction of sp³-hybridized carbons (Fsp3) is 0.417. The summed E-state index contributed by atoms with van der Waals surface area (Å²) in [4.78, 5) is 11.5. The van der Waals surface area contributed by atoms with Gasteiger partial charge < -0.3 is 9.52 Å². The second-order valence-corrected chi connectivity index (χ2v) is 4.35. The van der Waals surface area contributed by atoms with Crippen LogP contribution in [0.1, 0.15) is 26.3 Å². The third-order valence-electron chi connectivity index (χ3n) is 2.69. The van der Waals surface area contributed by atoms with Crippen LogP contribution in [0.3, 0.4) is 0 Å². The predicted molar refractivity (Wildman–Crippen MR) is 61.4 cm³/mol. The summed E-state index contributed by atoms with van der Waals surface area (Å²) in [6, 6.07) is 5.28. The van der Waals surface area contributed by atoms with Crippen LogP contribution < -0.4 is 5.76 Å². The minimum Gasteiger partial charge on any atom is -0.408 e. The molecule has 0 aliphatic heterocycles. The number of aromatic nitrogens is 1. The molecule has 1 N–H and O–H groups in total. The zero-order chi connectivity index (χ0) is 11.9. The second-order valence-electron chi connectivity index (χ2n) is 4.35. The maximum absolute atomic E-state index is 11.5. The first-order valence-electron chi connectivity index (χ1n) is 5.29. The van der Waals surface area contributed by atoms with E-state index in [0.717, 1.165) is 11.1 Å². The standard InChI is InChI=1S/C12H15NO3/c1-4-13-9-7-8(12(2,3)15)5-6-10(9)16-11(13)14/h5-7,15H,4H2,1-3H3. The largest absolute Gasteiger partial charge is 0.419 e. The number of aryl methyl sites for hydroxylation is 1. The molecule has 16 heavy (non-hydrogen) atoms. The molecule has 0 saturated carbocycles. The molecule has 1 heterocycles. The molecule has 4 nitrogen and oxygen atoms in total. The maximum atomic E-state index is 11.5. The summed E-state index contributed by atoms with van der Waals surface area (Å²) in [6.45, 7) is 5.86. The van der Waals surface area contributed by atoms with Crippen LogP contribution in [0.25, 0.3) is 11.1 Å². The molecule has 0 bridgehead atoms. The predicted octanol–water partition coefficient (Wildman–Crippen LogP) is 1.84. The van der Waals surface area contributed by atoms with Gasteiger partial charge >= 0.3 is 5.76 Å². The highest BCUT2D eigenvalue weighted by molar-refractivity contribution is 5.74. The fourth-order valence-electron chi connectivity index (χ4n) is 1.74. The minimum absolute atomic E-state index is 0.356. The quantitative estimate of drug-likeness (QED) is 0.841. The van der Waals surface area contributed by atoms with E-state index in [2.05, 4.69) is 0 Å². The zero-order valence-corrected chi connectivity index (χ0v) is 9.65. The van der Waals surface area contributed by atoms with Crippen molar-refractivity contribution in [2.24, 2.45) is 0 Å². The number of hydrogen-bond acceptors (Lipinski definition) is 3. The highest BCUT2D eigenvalue weighted by atomic mass is 16.4. The third kappa shape index (κ3) is 1.65. The number of fused-ring (bicyclic) bond motifs is 1. The van der Waals surface area contributed by atoms with E-state index in [1.165, 1.54) is 0 Å². The van der Waals surface area contributed by atoms with E-state index in [9.17, 15) is 9.90 Å². The lowest BCUT2D eigenvalue weighted by Crippen LogP contribution is -2.16. The molecule has 1 aromatic carbocycles. The highest BCUT2D eigenvalue weighted by Gasteiger charge is 2.18. The van der Waals surface area contributed by atoms with E-state index in [4.69, 9.17) is 4.42 Å². The Kier molecular flexibility index (Phi) is 2.39. The first-order valence-corrected chi connectivity index (χ1v) is 5.29. The number of benzene rings is 1. The average molecular weight is 221 g/mol. The van der Waals surface area contributed by atoms with Gasteiger partial charge in [-0.1, -0.05) is 6.07 Å². The Morgan fingerprint density at radius 1 is 1.44 bits per heavy atom. The van der Waals surface area contributed by atoms with E-state index in [1.807, 2.05) is 6.92 Å². The molecule has 0 fully saturated rings. The van der Waals surface area contributed by atoms with Crippen LogP contribution in [0.2, 0.25) is 0 Å². The lowest BCUT2D eigenvalue weighted by molar-refractivity contribution is 0.0787. The Bertz CT molecular complexity index is 572. The minimum atomic E-state index is -0.917. The summed E-state index contributed by atoms with van der Waals surface area (Å²) in [5.41, 5.74) is 1.13. The average Bonchev–Trinajstić information content (AvgIpc) is 2.50. The molecule has 86 valence electrons. The number of rotatable bonds is 2. The summed E-state index contributed by atoms with van der Waals surface area (Å²) in [6.07, 6.45) is 0. The maximum Gasteiger partial charge on any atom is 0.419 e. The van der Waals surface area contributed by atoms with Gasteiger partial charge in [0, 0.05) is 6.54 Å². The van der Waals surface area contributed by atoms with Crippen LogP contribution in [-0.4, -0.2) is 9.67 Å². The molecule has 2 rings (SSSR count). The van der Waals surface area contributed by atoms with Gasteiger partial charge in [0.25, 0.3) is 0 Å². The van der Waals surface area contributed by atoms with Crippen molar-refractivity contribution in [2.75, 3.05) is 0 Å². The Morgan fingerprint density at radius 2 is 2.12 bits per heavy atom. The molecule has 0 amide bonds. The number of nitrogens with zero attached hydrogens (tertiary/aromatic N) is 1. The van der Waals surface area contributed by atoms with Gasteiger partial charge in [-0.2, -0.15) is 0 Å². The van der Waals surface area contributed by atoms with Gasteiger partial charge in [0.1, 0.15) is 0 Å². The van der Waals surface area contributed by atoms with Crippen LogP contribution in [0.15, 0.2) is 27.4 Å². The van der Waals surface area contributed by atoms with Gasteiger partial charge in [-0.25, -0.2) is 4.79 Å². The number of aliphatic hydroxyl groups is 1. The molecule has 0 atom stereocenters. The van der Waals surface area contributed by atoms with Crippen LogP contribution >= 0.6 is 0 Å². The fourth-order valence-corrected chi connectivity index (χ4v) is 1.74. The van der Waals surface area contributed by atoms with Crippen LogP contribution in [0.5, 0.6) is 0 Å². The van der Waals surface area contributed by atoms with Crippen molar-refractivity contribution < 1.29 is 9.52 Å². The van der Waals surface area contributed by atoms with Crippen molar-refractivity contribution in [1.29, 1.82) is 0 Å². The molecule has 0 spiro atoms. The van der Waals surface area contributed by atoms with Crippen molar-refractivity contribution in [1.82, 2.24) is 4.57 Å². The van der Waals surface area contributed by atoms with Gasteiger partial charge in [-0.15, -0.1) is 0 Å². The van der Waals surface area contributed by atoms with Crippen LogP contribution in [0.4, 0.5) is 0 Å². The second kappa shape index (κ2) is 3.49. The van der Waals surface area contributed by atoms with Crippen molar-refractivity contribution in [2.45, 2.75) is 32.9 Å². The first kappa shape index (κ1) is 11.0.